The zero-order valence-corrected chi connectivity index (χ0v) is 20.0. The van der Waals surface area contributed by atoms with Crippen molar-refractivity contribution in [2.45, 2.75) is 78.7 Å². The van der Waals surface area contributed by atoms with Crippen molar-refractivity contribution in [3.63, 3.8) is 0 Å². The summed E-state index contributed by atoms with van der Waals surface area (Å²) in [7, 11) is 0. The van der Waals surface area contributed by atoms with Gasteiger partial charge in [0.15, 0.2) is 0 Å². The van der Waals surface area contributed by atoms with E-state index in [4.69, 9.17) is 19.4 Å². The Morgan fingerprint density at radius 1 is 0.880 bits per heavy atom. The average Bonchev–Trinajstić information content (AvgIpc) is 2.66. The van der Waals surface area contributed by atoms with Crippen LogP contribution >= 0.6 is 11.6 Å². The van der Waals surface area contributed by atoms with Gasteiger partial charge in [-0.2, -0.15) is 0 Å². The molecule has 4 heteroatoms. The van der Waals surface area contributed by atoms with Gasteiger partial charge in [0, 0.05) is 0 Å². The molecule has 1 atom stereocenters. The fourth-order valence-electron chi connectivity index (χ4n) is 3.22. The standard InChI is InChI=1S/C9H10ClO2.3C4H9.Sn/c10-6-8(11)7-12-9-4-2-1-3-5-9;3*1-3-4-2;/h1-5,8H,6-7H2;3*1,3-4H2,2H3;/q-1;;;;+1. The fourth-order valence-corrected chi connectivity index (χ4v) is 17.8. The van der Waals surface area contributed by atoms with Gasteiger partial charge in [0.05, 0.1) is 0 Å². The molecular formula is C21H37ClO2Sn. The van der Waals surface area contributed by atoms with Crippen LogP contribution in [0.4, 0.5) is 0 Å². The molecule has 1 aromatic carbocycles. The van der Waals surface area contributed by atoms with Crippen LogP contribution in [-0.2, 0) is 3.07 Å². The summed E-state index contributed by atoms with van der Waals surface area (Å²) in [6.07, 6.45) is 7.71. The SMILES string of the molecule is CCC[CH2][Sn]([CH2]CCC)([CH2]CCC)[O]C(CCl)COc1ccccc1. The summed E-state index contributed by atoms with van der Waals surface area (Å²) >= 11 is 3.65. The molecule has 0 saturated carbocycles. The van der Waals surface area contributed by atoms with E-state index in [1.54, 1.807) is 0 Å². The zero-order chi connectivity index (χ0) is 18.4. The topological polar surface area (TPSA) is 18.5 Å². The summed E-state index contributed by atoms with van der Waals surface area (Å²) < 4.78 is 16.8. The molecule has 0 aliphatic carbocycles. The van der Waals surface area contributed by atoms with Crippen molar-refractivity contribution in [1.29, 1.82) is 0 Å². The third-order valence-corrected chi connectivity index (χ3v) is 18.3. The molecule has 1 rings (SSSR count). The van der Waals surface area contributed by atoms with Crippen LogP contribution < -0.4 is 4.74 Å². The van der Waals surface area contributed by atoms with Crippen LogP contribution in [0.25, 0.3) is 0 Å². The number of ether oxygens (including phenoxy) is 1. The number of alkyl halides is 1. The quantitative estimate of drug-likeness (QED) is 0.200. The van der Waals surface area contributed by atoms with Gasteiger partial charge in [-0.05, 0) is 0 Å². The van der Waals surface area contributed by atoms with Gasteiger partial charge in [0.25, 0.3) is 0 Å². The molecule has 144 valence electrons. The van der Waals surface area contributed by atoms with E-state index in [1.165, 1.54) is 51.8 Å². The number of hydrogen-bond acceptors (Lipinski definition) is 2. The summed E-state index contributed by atoms with van der Waals surface area (Å²) in [5.41, 5.74) is 0. The van der Waals surface area contributed by atoms with Crippen molar-refractivity contribution < 1.29 is 7.81 Å². The van der Waals surface area contributed by atoms with Crippen molar-refractivity contribution >= 4 is 30.4 Å². The predicted octanol–water partition coefficient (Wildman–Crippen LogP) is 7.04. The average molecular weight is 476 g/mol. The summed E-state index contributed by atoms with van der Waals surface area (Å²) in [4.78, 5) is 0. The second-order valence-electron chi connectivity index (χ2n) is 7.01. The normalized spacial score (nSPS) is 13.0. The van der Waals surface area contributed by atoms with E-state index < -0.39 is 18.8 Å². The van der Waals surface area contributed by atoms with Crippen LogP contribution in [-0.4, -0.2) is 37.4 Å². The minimum absolute atomic E-state index is 0.0308. The molecule has 0 bridgehead atoms. The van der Waals surface area contributed by atoms with Crippen LogP contribution in [0.5, 0.6) is 5.75 Å². The van der Waals surface area contributed by atoms with Crippen molar-refractivity contribution in [1.82, 2.24) is 0 Å². The number of rotatable bonds is 15. The van der Waals surface area contributed by atoms with Gasteiger partial charge in [0.2, 0.25) is 0 Å². The Balaban J connectivity index is 2.74. The first kappa shape index (κ1) is 23.1. The number of hydrogen-bond donors (Lipinski definition) is 0. The van der Waals surface area contributed by atoms with Crippen molar-refractivity contribution in [3.8, 4) is 5.75 Å². The number of unbranched alkanes of at least 4 members (excludes halogenated alkanes) is 3. The van der Waals surface area contributed by atoms with Crippen molar-refractivity contribution in [3.05, 3.63) is 30.3 Å². The molecule has 0 spiro atoms. The Hall–Kier alpha value is 0.0687. The second-order valence-corrected chi connectivity index (χ2v) is 19.0. The van der Waals surface area contributed by atoms with Gasteiger partial charge in [-0.25, -0.2) is 0 Å². The van der Waals surface area contributed by atoms with E-state index in [1.807, 2.05) is 30.3 Å². The third-order valence-electron chi connectivity index (χ3n) is 4.73. The summed E-state index contributed by atoms with van der Waals surface area (Å²) in [5, 5.41) is 0. The Morgan fingerprint density at radius 3 is 1.84 bits per heavy atom. The molecule has 2 nitrogen and oxygen atoms in total. The Labute approximate surface area is 165 Å². The first-order valence-corrected chi connectivity index (χ1v) is 17.9. The van der Waals surface area contributed by atoms with Gasteiger partial charge in [0.1, 0.15) is 0 Å². The van der Waals surface area contributed by atoms with E-state index in [-0.39, 0.29) is 6.10 Å². The molecular weight excluding hydrogens is 438 g/mol. The number of benzene rings is 1. The third kappa shape index (κ3) is 9.53. The molecule has 1 unspecified atom stereocenters. The van der Waals surface area contributed by atoms with E-state index in [2.05, 4.69) is 20.8 Å². The maximum absolute atomic E-state index is 6.87. The van der Waals surface area contributed by atoms with Gasteiger partial charge in [-0.3, -0.25) is 0 Å². The maximum atomic E-state index is 6.87. The van der Waals surface area contributed by atoms with Crippen LogP contribution in [0.15, 0.2) is 30.3 Å². The first-order valence-electron chi connectivity index (χ1n) is 10.1. The Morgan fingerprint density at radius 2 is 1.40 bits per heavy atom. The zero-order valence-electron chi connectivity index (χ0n) is 16.4. The van der Waals surface area contributed by atoms with Gasteiger partial charge in [-0.15, -0.1) is 0 Å². The minimum atomic E-state index is -2.62. The molecule has 25 heavy (non-hydrogen) atoms. The van der Waals surface area contributed by atoms with Crippen LogP contribution in [0.1, 0.15) is 59.3 Å². The predicted molar refractivity (Wildman–Crippen MR) is 112 cm³/mol. The Bertz CT molecular complexity index is 405. The summed E-state index contributed by atoms with van der Waals surface area (Å²) in [6.45, 7) is 7.42. The van der Waals surface area contributed by atoms with Crippen LogP contribution in [0, 0.1) is 0 Å². The molecule has 0 fully saturated rings. The molecule has 0 radical (unpaired) electrons. The summed E-state index contributed by atoms with van der Waals surface area (Å²) in [6, 6.07) is 9.99. The molecule has 0 aromatic heterocycles. The molecule has 1 aromatic rings. The molecule has 0 heterocycles. The fraction of sp³-hybridized carbons (Fsp3) is 0.714. The first-order chi connectivity index (χ1) is 12.2. The van der Waals surface area contributed by atoms with Crippen LogP contribution in [0.3, 0.4) is 0 Å². The van der Waals surface area contributed by atoms with Gasteiger partial charge < -0.3 is 0 Å². The Kier molecular flexibility index (Phi) is 13.1. The van der Waals surface area contributed by atoms with Crippen molar-refractivity contribution in [2.75, 3.05) is 12.5 Å². The van der Waals surface area contributed by atoms with Gasteiger partial charge in [-0.1, -0.05) is 0 Å². The monoisotopic (exact) mass is 476 g/mol. The van der Waals surface area contributed by atoms with Crippen molar-refractivity contribution in [2.24, 2.45) is 0 Å². The summed E-state index contributed by atoms with van der Waals surface area (Å²) in [5.74, 6) is 1.42. The molecule has 0 N–H and O–H groups in total. The molecule has 0 saturated heterocycles. The number of halogens is 1. The molecule has 0 aliphatic heterocycles. The number of para-hydroxylation sites is 1. The van der Waals surface area contributed by atoms with Gasteiger partial charge >= 0.3 is 165 Å². The second kappa shape index (κ2) is 14.2. The molecule has 0 aliphatic rings. The van der Waals surface area contributed by atoms with E-state index in [0.29, 0.717) is 12.5 Å². The van der Waals surface area contributed by atoms with E-state index in [9.17, 15) is 0 Å². The van der Waals surface area contributed by atoms with E-state index in [0.717, 1.165) is 5.75 Å². The molecule has 0 amide bonds. The van der Waals surface area contributed by atoms with Crippen LogP contribution in [0.2, 0.25) is 13.3 Å². The van der Waals surface area contributed by atoms with E-state index >= 15 is 0 Å².